The van der Waals surface area contributed by atoms with Gasteiger partial charge in [-0.1, -0.05) is 0 Å². The maximum absolute atomic E-state index is 11.6. The summed E-state index contributed by atoms with van der Waals surface area (Å²) in [5.74, 6) is -0.283. The maximum atomic E-state index is 11.6. The number of hydrogen-bond acceptors (Lipinski definition) is 6. The molecule has 2 rings (SSSR count). The number of ether oxygens (including phenoxy) is 1. The first-order chi connectivity index (χ1) is 8.10. The van der Waals surface area contributed by atoms with Crippen LogP contribution in [-0.4, -0.2) is 46.8 Å². The molecule has 0 bridgehead atoms. The number of aliphatic hydroxyl groups is 1. The van der Waals surface area contributed by atoms with E-state index in [4.69, 9.17) is 4.74 Å². The average Bonchev–Trinajstić information content (AvgIpc) is 2.85. The van der Waals surface area contributed by atoms with Crippen LogP contribution >= 0.6 is 11.3 Å². The van der Waals surface area contributed by atoms with Crippen LogP contribution in [0.2, 0.25) is 0 Å². The highest BCUT2D eigenvalue weighted by molar-refractivity contribution is 7.11. The molecule has 0 aliphatic carbocycles. The molecule has 1 N–H and O–H groups in total. The molecule has 0 radical (unpaired) electrons. The molecule has 1 saturated heterocycles. The number of methoxy groups -OCH3 is 1. The Morgan fingerprint density at radius 2 is 2.53 bits per heavy atom. The molecule has 2 heterocycles. The third kappa shape index (κ3) is 2.83. The highest BCUT2D eigenvalue weighted by atomic mass is 32.1. The summed E-state index contributed by atoms with van der Waals surface area (Å²) in [4.78, 5) is 18.9. The summed E-state index contributed by atoms with van der Waals surface area (Å²) in [7, 11) is 1.37. The molecule has 1 fully saturated rings. The zero-order chi connectivity index (χ0) is 12.4. The summed E-state index contributed by atoms with van der Waals surface area (Å²) in [6.45, 7) is 3.09. The lowest BCUT2D eigenvalue weighted by atomic mass is 10.2. The second-order valence-corrected chi connectivity index (χ2v) is 5.54. The normalized spacial score (nSPS) is 25.1. The van der Waals surface area contributed by atoms with Crippen LogP contribution in [0.4, 0.5) is 0 Å². The van der Waals surface area contributed by atoms with Crippen LogP contribution in [0.25, 0.3) is 0 Å². The third-order valence-corrected chi connectivity index (χ3v) is 3.76. The van der Waals surface area contributed by atoms with Gasteiger partial charge in [-0.25, -0.2) is 4.98 Å². The van der Waals surface area contributed by atoms with Gasteiger partial charge in [-0.2, -0.15) is 0 Å². The van der Waals surface area contributed by atoms with Gasteiger partial charge in [0, 0.05) is 24.0 Å². The van der Waals surface area contributed by atoms with Crippen molar-refractivity contribution in [1.29, 1.82) is 0 Å². The van der Waals surface area contributed by atoms with E-state index < -0.39 is 6.10 Å². The number of aliphatic hydroxyl groups excluding tert-OH is 1. The minimum absolute atomic E-state index is 0.283. The predicted molar refractivity (Wildman–Crippen MR) is 63.7 cm³/mol. The SMILES string of the molecule is COC(=O)[C@@H]1C[C@@H](O)CN1Cc1ncc(C)s1. The van der Waals surface area contributed by atoms with Gasteiger partial charge in [0.05, 0.1) is 19.8 Å². The van der Waals surface area contributed by atoms with E-state index in [2.05, 4.69) is 4.98 Å². The van der Waals surface area contributed by atoms with Crippen LogP contribution in [0, 0.1) is 6.92 Å². The number of nitrogens with zero attached hydrogens (tertiary/aromatic N) is 2. The van der Waals surface area contributed by atoms with E-state index in [1.54, 1.807) is 11.3 Å². The van der Waals surface area contributed by atoms with Crippen molar-refractivity contribution >= 4 is 17.3 Å². The topological polar surface area (TPSA) is 62.7 Å². The first-order valence-corrected chi connectivity index (χ1v) is 6.33. The molecule has 0 spiro atoms. The standard InChI is InChI=1S/C11H16N2O3S/c1-7-4-12-10(17-7)6-13-5-8(14)3-9(13)11(15)16-2/h4,8-9,14H,3,5-6H2,1-2H3/t8-,9+/m1/s1. The van der Waals surface area contributed by atoms with Gasteiger partial charge in [0.1, 0.15) is 11.0 Å². The van der Waals surface area contributed by atoms with Crippen molar-refractivity contribution < 1.29 is 14.6 Å². The first-order valence-electron chi connectivity index (χ1n) is 5.51. The molecule has 1 aliphatic rings. The van der Waals surface area contributed by atoms with Crippen molar-refractivity contribution in [1.82, 2.24) is 9.88 Å². The number of carbonyl (C=O) groups excluding carboxylic acids is 1. The van der Waals surface area contributed by atoms with Gasteiger partial charge in [-0.15, -0.1) is 11.3 Å². The van der Waals surface area contributed by atoms with Crippen molar-refractivity contribution in [2.45, 2.75) is 32.0 Å². The number of aryl methyl sites for hydroxylation is 1. The highest BCUT2D eigenvalue weighted by Crippen LogP contribution is 2.23. The fourth-order valence-electron chi connectivity index (χ4n) is 2.08. The number of likely N-dealkylation sites (tertiary alicyclic amines) is 1. The lowest BCUT2D eigenvalue weighted by molar-refractivity contribution is -0.146. The molecule has 17 heavy (non-hydrogen) atoms. The summed E-state index contributed by atoms with van der Waals surface area (Å²) >= 11 is 1.61. The van der Waals surface area contributed by atoms with Crippen LogP contribution < -0.4 is 0 Å². The van der Waals surface area contributed by atoms with Crippen LogP contribution in [0.15, 0.2) is 6.20 Å². The molecule has 0 aromatic carbocycles. The Morgan fingerprint density at radius 3 is 3.12 bits per heavy atom. The second-order valence-electron chi connectivity index (χ2n) is 4.22. The van der Waals surface area contributed by atoms with E-state index in [-0.39, 0.29) is 12.0 Å². The number of thiazole rings is 1. The molecule has 1 aromatic heterocycles. The van der Waals surface area contributed by atoms with E-state index in [0.29, 0.717) is 19.5 Å². The summed E-state index contributed by atoms with van der Waals surface area (Å²) in [5, 5.41) is 10.6. The molecule has 0 saturated carbocycles. The fraction of sp³-hybridized carbons (Fsp3) is 0.636. The molecule has 0 amide bonds. The monoisotopic (exact) mass is 256 g/mol. The number of hydrogen-bond donors (Lipinski definition) is 1. The second kappa shape index (κ2) is 5.12. The Labute approximate surface area is 104 Å². The van der Waals surface area contributed by atoms with Crippen molar-refractivity contribution in [3.63, 3.8) is 0 Å². The highest BCUT2D eigenvalue weighted by Gasteiger charge is 2.36. The van der Waals surface area contributed by atoms with Crippen LogP contribution in [0.3, 0.4) is 0 Å². The number of esters is 1. The zero-order valence-corrected chi connectivity index (χ0v) is 10.7. The van der Waals surface area contributed by atoms with E-state index in [1.165, 1.54) is 7.11 Å². The smallest absolute Gasteiger partial charge is 0.323 e. The van der Waals surface area contributed by atoms with Crippen molar-refractivity contribution in [3.8, 4) is 0 Å². The predicted octanol–water partition coefficient (Wildman–Crippen LogP) is 0.560. The number of aromatic nitrogens is 1. The van der Waals surface area contributed by atoms with Gasteiger partial charge < -0.3 is 9.84 Å². The van der Waals surface area contributed by atoms with Gasteiger partial charge in [0.25, 0.3) is 0 Å². The lowest BCUT2D eigenvalue weighted by Crippen LogP contribution is -2.36. The van der Waals surface area contributed by atoms with Crippen molar-refractivity contribution in [3.05, 3.63) is 16.1 Å². The molecular formula is C11H16N2O3S. The van der Waals surface area contributed by atoms with E-state index in [9.17, 15) is 9.90 Å². The largest absolute Gasteiger partial charge is 0.468 e. The van der Waals surface area contributed by atoms with Gasteiger partial charge in [-0.05, 0) is 6.92 Å². The molecule has 1 aliphatic heterocycles. The molecule has 1 aromatic rings. The van der Waals surface area contributed by atoms with Crippen LogP contribution in [0.5, 0.6) is 0 Å². The Bertz CT molecular complexity index is 407. The molecule has 94 valence electrons. The third-order valence-electron chi connectivity index (χ3n) is 2.86. The Morgan fingerprint density at radius 1 is 1.76 bits per heavy atom. The lowest BCUT2D eigenvalue weighted by Gasteiger charge is -2.20. The molecule has 5 nitrogen and oxygen atoms in total. The molecule has 6 heteroatoms. The van der Waals surface area contributed by atoms with Gasteiger partial charge in [0.15, 0.2) is 0 Å². The first kappa shape index (κ1) is 12.5. The maximum Gasteiger partial charge on any atom is 0.323 e. The molecular weight excluding hydrogens is 240 g/mol. The van der Waals surface area contributed by atoms with Crippen LogP contribution in [0.1, 0.15) is 16.3 Å². The number of rotatable bonds is 3. The Kier molecular flexibility index (Phi) is 3.76. The van der Waals surface area contributed by atoms with Gasteiger partial charge >= 0.3 is 5.97 Å². The van der Waals surface area contributed by atoms with Crippen molar-refractivity contribution in [2.75, 3.05) is 13.7 Å². The summed E-state index contributed by atoms with van der Waals surface area (Å²) in [5.41, 5.74) is 0. The summed E-state index contributed by atoms with van der Waals surface area (Å²) in [6.07, 6.45) is 1.80. The quantitative estimate of drug-likeness (QED) is 0.801. The minimum Gasteiger partial charge on any atom is -0.468 e. The molecule has 0 unspecified atom stereocenters. The number of carbonyl (C=O) groups is 1. The van der Waals surface area contributed by atoms with E-state index in [1.807, 2.05) is 18.0 Å². The van der Waals surface area contributed by atoms with E-state index in [0.717, 1.165) is 9.88 Å². The number of β-amino-alcohol motifs (C(OH)–C–C–N with tert-alkyl or cyclic N) is 1. The fourth-order valence-corrected chi connectivity index (χ4v) is 2.90. The van der Waals surface area contributed by atoms with Gasteiger partial charge in [-0.3, -0.25) is 9.69 Å². The van der Waals surface area contributed by atoms with Crippen molar-refractivity contribution in [2.24, 2.45) is 0 Å². The summed E-state index contributed by atoms with van der Waals surface area (Å²) < 4.78 is 4.75. The van der Waals surface area contributed by atoms with Gasteiger partial charge in [0.2, 0.25) is 0 Å². The Hall–Kier alpha value is -0.980. The zero-order valence-electron chi connectivity index (χ0n) is 9.92. The van der Waals surface area contributed by atoms with E-state index >= 15 is 0 Å². The molecule has 2 atom stereocenters. The summed E-state index contributed by atoms with van der Waals surface area (Å²) in [6, 6.07) is -0.348. The van der Waals surface area contributed by atoms with Crippen LogP contribution in [-0.2, 0) is 16.1 Å². The average molecular weight is 256 g/mol. The minimum atomic E-state index is -0.458. The Balaban J connectivity index is 2.05.